The fraction of sp³-hybridized carbons (Fsp3) is 0.174. The maximum Gasteiger partial charge on any atom is 0.262 e. The number of rotatable bonds is 4. The molecule has 4 nitrogen and oxygen atoms in total. The van der Waals surface area contributed by atoms with Gasteiger partial charge in [0.15, 0.2) is 0 Å². The molecule has 4 rings (SSSR count). The molecule has 0 radical (unpaired) electrons. The van der Waals surface area contributed by atoms with Crippen LogP contribution in [-0.2, 0) is 0 Å². The molecule has 1 aliphatic heterocycles. The average Bonchev–Trinajstić information content (AvgIpc) is 2.69. The van der Waals surface area contributed by atoms with E-state index in [0.29, 0.717) is 12.2 Å². The number of benzene rings is 3. The zero-order chi connectivity index (χ0) is 19.7. The van der Waals surface area contributed by atoms with E-state index in [1.807, 2.05) is 54.3 Å². The van der Waals surface area contributed by atoms with Gasteiger partial charge in [-0.05, 0) is 72.3 Å². The molecule has 1 amide bonds. The van der Waals surface area contributed by atoms with E-state index in [1.165, 1.54) is 5.56 Å². The summed E-state index contributed by atoms with van der Waals surface area (Å²) in [4.78, 5) is 15.3. The Kier molecular flexibility index (Phi) is 5.26. The standard InChI is InChI=1S/C23H21IN2O2/c1-3-28-19-6-4-5-18(14-19)26-22(16-9-7-15(2)8-10-16)25-21-12-11-17(24)13-20(21)23(26)27/h4-14,22,25H,3H2,1-2H3/t22-/m0/s1. The van der Waals surface area contributed by atoms with Gasteiger partial charge >= 0.3 is 0 Å². The van der Waals surface area contributed by atoms with E-state index in [2.05, 4.69) is 59.1 Å². The largest absolute Gasteiger partial charge is 0.494 e. The number of carbonyl (C=O) groups is 1. The van der Waals surface area contributed by atoms with Gasteiger partial charge < -0.3 is 10.1 Å². The number of ether oxygens (including phenoxy) is 1. The molecule has 0 spiro atoms. The Morgan fingerprint density at radius 2 is 1.86 bits per heavy atom. The van der Waals surface area contributed by atoms with Crippen LogP contribution in [0.1, 0.15) is 34.6 Å². The van der Waals surface area contributed by atoms with Gasteiger partial charge in [-0.25, -0.2) is 0 Å². The second kappa shape index (κ2) is 7.83. The Labute approximate surface area is 178 Å². The van der Waals surface area contributed by atoms with Gasteiger partial charge in [0.25, 0.3) is 5.91 Å². The third-order valence-corrected chi connectivity index (χ3v) is 5.45. The van der Waals surface area contributed by atoms with Crippen molar-refractivity contribution in [3.63, 3.8) is 0 Å². The summed E-state index contributed by atoms with van der Waals surface area (Å²) in [5.41, 5.74) is 4.56. The molecule has 0 aliphatic carbocycles. The van der Waals surface area contributed by atoms with Gasteiger partial charge in [-0.1, -0.05) is 35.9 Å². The Hall–Kier alpha value is -2.54. The smallest absolute Gasteiger partial charge is 0.262 e. The highest BCUT2D eigenvalue weighted by atomic mass is 127. The molecule has 0 unspecified atom stereocenters. The number of halogens is 1. The molecule has 1 aliphatic rings. The van der Waals surface area contributed by atoms with E-state index in [9.17, 15) is 4.79 Å². The van der Waals surface area contributed by atoms with Gasteiger partial charge in [0.1, 0.15) is 11.9 Å². The Bertz CT molecular complexity index is 1020. The first kappa shape index (κ1) is 18.8. The highest BCUT2D eigenvalue weighted by molar-refractivity contribution is 14.1. The molecular weight excluding hydrogens is 463 g/mol. The molecule has 3 aromatic carbocycles. The van der Waals surface area contributed by atoms with Gasteiger partial charge in [0, 0.05) is 15.3 Å². The van der Waals surface area contributed by atoms with E-state index in [0.717, 1.165) is 26.3 Å². The summed E-state index contributed by atoms with van der Waals surface area (Å²) in [5.74, 6) is 0.732. The maximum absolute atomic E-state index is 13.5. The van der Waals surface area contributed by atoms with Crippen molar-refractivity contribution in [2.45, 2.75) is 20.0 Å². The number of nitrogens with one attached hydrogen (secondary N) is 1. The van der Waals surface area contributed by atoms with Crippen LogP contribution in [0.4, 0.5) is 11.4 Å². The Morgan fingerprint density at radius 1 is 1.07 bits per heavy atom. The van der Waals surface area contributed by atoms with Crippen LogP contribution < -0.4 is 15.0 Å². The molecule has 142 valence electrons. The molecule has 1 heterocycles. The number of hydrogen-bond donors (Lipinski definition) is 1. The number of nitrogens with zero attached hydrogens (tertiary/aromatic N) is 1. The number of hydrogen-bond acceptors (Lipinski definition) is 3. The van der Waals surface area contributed by atoms with Gasteiger partial charge in [0.05, 0.1) is 17.9 Å². The van der Waals surface area contributed by atoms with Gasteiger partial charge in [-0.2, -0.15) is 0 Å². The topological polar surface area (TPSA) is 41.6 Å². The predicted octanol–water partition coefficient (Wildman–Crippen LogP) is 5.77. The summed E-state index contributed by atoms with van der Waals surface area (Å²) in [6.45, 7) is 4.59. The zero-order valence-corrected chi connectivity index (χ0v) is 17.9. The fourth-order valence-corrected chi connectivity index (χ4v) is 3.91. The summed E-state index contributed by atoms with van der Waals surface area (Å²) in [5, 5.41) is 3.55. The molecule has 0 bridgehead atoms. The normalized spacial score (nSPS) is 15.8. The monoisotopic (exact) mass is 484 g/mol. The van der Waals surface area contributed by atoms with E-state index in [4.69, 9.17) is 4.74 Å². The first-order valence-electron chi connectivity index (χ1n) is 9.26. The van der Waals surface area contributed by atoms with Crippen LogP contribution in [-0.4, -0.2) is 12.5 Å². The van der Waals surface area contributed by atoms with Crippen LogP contribution in [0, 0.1) is 10.5 Å². The minimum Gasteiger partial charge on any atom is -0.494 e. The number of carbonyl (C=O) groups excluding carboxylic acids is 1. The first-order chi connectivity index (χ1) is 13.6. The lowest BCUT2D eigenvalue weighted by Gasteiger charge is -2.38. The summed E-state index contributed by atoms with van der Waals surface area (Å²) in [6, 6.07) is 21.9. The third-order valence-electron chi connectivity index (χ3n) is 4.78. The summed E-state index contributed by atoms with van der Waals surface area (Å²) in [6.07, 6.45) is -0.294. The van der Waals surface area contributed by atoms with Crippen molar-refractivity contribution in [1.29, 1.82) is 0 Å². The lowest BCUT2D eigenvalue weighted by Crippen LogP contribution is -2.43. The first-order valence-corrected chi connectivity index (χ1v) is 10.3. The average molecular weight is 484 g/mol. The second-order valence-electron chi connectivity index (χ2n) is 6.75. The van der Waals surface area contributed by atoms with Crippen molar-refractivity contribution in [2.24, 2.45) is 0 Å². The van der Waals surface area contributed by atoms with Crippen LogP contribution in [0.15, 0.2) is 66.7 Å². The molecule has 0 saturated heterocycles. The molecular formula is C23H21IN2O2. The lowest BCUT2D eigenvalue weighted by molar-refractivity contribution is 0.0975. The molecule has 0 fully saturated rings. The minimum atomic E-state index is -0.294. The number of amides is 1. The van der Waals surface area contributed by atoms with Crippen molar-refractivity contribution in [1.82, 2.24) is 0 Å². The lowest BCUT2D eigenvalue weighted by atomic mass is 10.0. The van der Waals surface area contributed by atoms with Crippen LogP contribution in [0.5, 0.6) is 5.75 Å². The number of anilines is 2. The predicted molar refractivity (Wildman–Crippen MR) is 121 cm³/mol. The quantitative estimate of drug-likeness (QED) is 0.479. The van der Waals surface area contributed by atoms with Crippen molar-refractivity contribution >= 4 is 39.9 Å². The highest BCUT2D eigenvalue weighted by Crippen LogP contribution is 2.38. The summed E-state index contributed by atoms with van der Waals surface area (Å²) >= 11 is 2.24. The minimum absolute atomic E-state index is 0.0218. The fourth-order valence-electron chi connectivity index (χ4n) is 3.42. The van der Waals surface area contributed by atoms with Gasteiger partial charge in [-0.3, -0.25) is 9.69 Å². The van der Waals surface area contributed by atoms with Crippen LogP contribution in [0.2, 0.25) is 0 Å². The molecule has 3 aromatic rings. The molecule has 1 atom stereocenters. The SMILES string of the molecule is CCOc1cccc(N2C(=O)c3cc(I)ccc3N[C@@H]2c2ccc(C)cc2)c1. The molecule has 28 heavy (non-hydrogen) atoms. The Morgan fingerprint density at radius 3 is 2.61 bits per heavy atom. The molecule has 0 aromatic heterocycles. The van der Waals surface area contributed by atoms with Crippen molar-refractivity contribution in [3.8, 4) is 5.75 Å². The number of fused-ring (bicyclic) bond motifs is 1. The molecule has 5 heteroatoms. The Balaban J connectivity index is 1.84. The van der Waals surface area contributed by atoms with E-state index < -0.39 is 0 Å². The maximum atomic E-state index is 13.5. The molecule has 0 saturated carbocycles. The summed E-state index contributed by atoms with van der Waals surface area (Å²) in [7, 11) is 0. The molecule has 1 N–H and O–H groups in total. The van der Waals surface area contributed by atoms with Crippen molar-refractivity contribution in [2.75, 3.05) is 16.8 Å². The van der Waals surface area contributed by atoms with Crippen molar-refractivity contribution in [3.05, 3.63) is 87.0 Å². The highest BCUT2D eigenvalue weighted by Gasteiger charge is 2.34. The number of aryl methyl sites for hydroxylation is 1. The van der Waals surface area contributed by atoms with E-state index >= 15 is 0 Å². The summed E-state index contributed by atoms with van der Waals surface area (Å²) < 4.78 is 6.69. The second-order valence-corrected chi connectivity index (χ2v) is 8.00. The van der Waals surface area contributed by atoms with Crippen molar-refractivity contribution < 1.29 is 9.53 Å². The van der Waals surface area contributed by atoms with Crippen LogP contribution >= 0.6 is 22.6 Å². The van der Waals surface area contributed by atoms with E-state index in [-0.39, 0.29) is 12.1 Å². The van der Waals surface area contributed by atoms with E-state index in [1.54, 1.807) is 0 Å². The van der Waals surface area contributed by atoms with Gasteiger partial charge in [-0.15, -0.1) is 0 Å². The van der Waals surface area contributed by atoms with Crippen LogP contribution in [0.25, 0.3) is 0 Å². The zero-order valence-electron chi connectivity index (χ0n) is 15.8. The van der Waals surface area contributed by atoms with Gasteiger partial charge in [0.2, 0.25) is 0 Å². The third kappa shape index (κ3) is 3.58. The van der Waals surface area contributed by atoms with Crippen LogP contribution in [0.3, 0.4) is 0 Å².